The van der Waals surface area contributed by atoms with Gasteiger partial charge in [-0.1, -0.05) is 84.1 Å². The lowest BCUT2D eigenvalue weighted by Gasteiger charge is -2.54. The van der Waals surface area contributed by atoms with Gasteiger partial charge < -0.3 is 0 Å². The fraction of sp³-hybridized carbons (Fsp3) is 0.857. The fourth-order valence-corrected chi connectivity index (χ4v) is 8.17. The van der Waals surface area contributed by atoms with Crippen LogP contribution in [0.3, 0.4) is 0 Å². The van der Waals surface area contributed by atoms with Gasteiger partial charge >= 0.3 is 0 Å². The predicted octanol–water partition coefficient (Wildman–Crippen LogP) is 8.58. The second-order valence-corrected chi connectivity index (χ2v) is 12.2. The van der Waals surface area contributed by atoms with Gasteiger partial charge in [-0.2, -0.15) is 0 Å². The van der Waals surface area contributed by atoms with Gasteiger partial charge in [-0.05, 0) is 85.9 Å². The summed E-state index contributed by atoms with van der Waals surface area (Å²) in [5.74, 6) is 5.42. The molecule has 2 fully saturated rings. The van der Waals surface area contributed by atoms with Crippen molar-refractivity contribution >= 4 is 0 Å². The molecular formula is C28H46. The lowest BCUT2D eigenvalue weighted by atomic mass is 9.51. The van der Waals surface area contributed by atoms with Crippen molar-refractivity contribution in [2.24, 2.45) is 46.3 Å². The van der Waals surface area contributed by atoms with Crippen LogP contribution < -0.4 is 0 Å². The van der Waals surface area contributed by atoms with Gasteiger partial charge in [-0.15, -0.1) is 0 Å². The van der Waals surface area contributed by atoms with E-state index in [1.807, 2.05) is 5.57 Å². The van der Waals surface area contributed by atoms with Crippen LogP contribution in [0.15, 0.2) is 23.3 Å². The second kappa shape index (κ2) is 7.63. The Balaban J connectivity index is 1.53. The Morgan fingerprint density at radius 3 is 2.57 bits per heavy atom. The SMILES string of the molecule is CC(C)CCC[C@@H](C)[C@H]1CC[C@H]2[C@@H]3CC=C4CC(C)CC[C@]4(C)C3=CC[C@]12C. The monoisotopic (exact) mass is 382 g/mol. The van der Waals surface area contributed by atoms with Gasteiger partial charge in [-0.25, -0.2) is 0 Å². The molecule has 4 rings (SSSR count). The number of rotatable bonds is 5. The minimum absolute atomic E-state index is 0.414. The molecule has 1 unspecified atom stereocenters. The van der Waals surface area contributed by atoms with Gasteiger partial charge in [0, 0.05) is 5.41 Å². The van der Waals surface area contributed by atoms with E-state index >= 15 is 0 Å². The Hall–Kier alpha value is -0.520. The summed E-state index contributed by atoms with van der Waals surface area (Å²) < 4.78 is 0. The topological polar surface area (TPSA) is 0 Å². The van der Waals surface area contributed by atoms with E-state index in [0.29, 0.717) is 10.8 Å². The van der Waals surface area contributed by atoms with E-state index in [9.17, 15) is 0 Å². The Kier molecular flexibility index (Phi) is 5.65. The van der Waals surface area contributed by atoms with Crippen molar-refractivity contribution in [3.05, 3.63) is 23.3 Å². The van der Waals surface area contributed by atoms with E-state index in [0.717, 1.165) is 35.5 Å². The zero-order chi connectivity index (χ0) is 20.1. The van der Waals surface area contributed by atoms with Crippen LogP contribution in [-0.2, 0) is 0 Å². The Labute approximate surface area is 175 Å². The first-order valence-corrected chi connectivity index (χ1v) is 12.7. The van der Waals surface area contributed by atoms with Crippen LogP contribution >= 0.6 is 0 Å². The molecule has 0 N–H and O–H groups in total. The molecule has 0 heterocycles. The van der Waals surface area contributed by atoms with Crippen molar-refractivity contribution in [1.29, 1.82) is 0 Å². The highest BCUT2D eigenvalue weighted by molar-refractivity contribution is 5.39. The summed E-state index contributed by atoms with van der Waals surface area (Å²) in [5, 5.41) is 0. The summed E-state index contributed by atoms with van der Waals surface area (Å²) in [6.45, 7) is 15.1. The Morgan fingerprint density at radius 2 is 1.82 bits per heavy atom. The van der Waals surface area contributed by atoms with Crippen molar-refractivity contribution in [3.8, 4) is 0 Å². The first-order valence-electron chi connectivity index (χ1n) is 12.7. The van der Waals surface area contributed by atoms with Crippen LogP contribution in [-0.4, -0.2) is 0 Å². The van der Waals surface area contributed by atoms with Crippen LogP contribution in [0.25, 0.3) is 0 Å². The molecule has 0 bridgehead atoms. The molecule has 0 nitrogen and oxygen atoms in total. The summed E-state index contributed by atoms with van der Waals surface area (Å²) in [4.78, 5) is 0. The molecule has 0 spiro atoms. The molecule has 0 radical (unpaired) electrons. The molecule has 0 heteroatoms. The Morgan fingerprint density at radius 1 is 1.04 bits per heavy atom. The van der Waals surface area contributed by atoms with Crippen LogP contribution in [0.2, 0.25) is 0 Å². The zero-order valence-corrected chi connectivity index (χ0v) is 19.7. The smallest absolute Gasteiger partial charge is 0.00954 e. The van der Waals surface area contributed by atoms with E-state index in [-0.39, 0.29) is 0 Å². The van der Waals surface area contributed by atoms with Gasteiger partial charge in [0.1, 0.15) is 0 Å². The molecule has 0 amide bonds. The van der Waals surface area contributed by atoms with E-state index in [2.05, 4.69) is 53.7 Å². The van der Waals surface area contributed by atoms with Gasteiger partial charge in [-0.3, -0.25) is 0 Å². The van der Waals surface area contributed by atoms with Crippen LogP contribution in [0.5, 0.6) is 0 Å². The van der Waals surface area contributed by atoms with Crippen LogP contribution in [0.1, 0.15) is 106 Å². The summed E-state index contributed by atoms with van der Waals surface area (Å²) in [5.41, 5.74) is 4.66. The summed E-state index contributed by atoms with van der Waals surface area (Å²) in [7, 11) is 0. The lowest BCUT2D eigenvalue weighted by molar-refractivity contribution is 0.0638. The number of hydrogen-bond acceptors (Lipinski definition) is 0. The molecule has 0 aliphatic heterocycles. The third-order valence-electron chi connectivity index (χ3n) is 9.93. The van der Waals surface area contributed by atoms with Gasteiger partial charge in [0.25, 0.3) is 0 Å². The van der Waals surface area contributed by atoms with Crippen molar-refractivity contribution in [3.63, 3.8) is 0 Å². The molecule has 0 aromatic carbocycles. The van der Waals surface area contributed by atoms with Gasteiger partial charge in [0.05, 0.1) is 0 Å². The molecule has 7 atom stereocenters. The van der Waals surface area contributed by atoms with E-state index in [4.69, 9.17) is 0 Å². The summed E-state index contributed by atoms with van der Waals surface area (Å²) in [6, 6.07) is 0. The van der Waals surface area contributed by atoms with Crippen molar-refractivity contribution in [2.75, 3.05) is 0 Å². The first kappa shape index (κ1) is 20.7. The van der Waals surface area contributed by atoms with Gasteiger partial charge in [0.2, 0.25) is 0 Å². The molecule has 0 aromatic heterocycles. The maximum Gasteiger partial charge on any atom is 0.00954 e. The average molecular weight is 383 g/mol. The Bertz CT molecular complexity index is 636. The molecule has 4 aliphatic rings. The highest BCUT2D eigenvalue weighted by atomic mass is 14.6. The van der Waals surface area contributed by atoms with Gasteiger partial charge in [0.15, 0.2) is 0 Å². The fourth-order valence-electron chi connectivity index (χ4n) is 8.17. The maximum atomic E-state index is 2.78. The van der Waals surface area contributed by atoms with Crippen molar-refractivity contribution in [2.45, 2.75) is 106 Å². The quantitative estimate of drug-likeness (QED) is 0.418. The second-order valence-electron chi connectivity index (χ2n) is 12.2. The highest BCUT2D eigenvalue weighted by Crippen LogP contribution is 2.65. The number of fused-ring (bicyclic) bond motifs is 5. The minimum Gasteiger partial charge on any atom is -0.0838 e. The third-order valence-corrected chi connectivity index (χ3v) is 9.93. The molecule has 0 aromatic rings. The molecule has 2 saturated carbocycles. The lowest BCUT2D eigenvalue weighted by Crippen LogP contribution is -2.44. The predicted molar refractivity (Wildman–Crippen MR) is 122 cm³/mol. The minimum atomic E-state index is 0.414. The van der Waals surface area contributed by atoms with E-state index in [1.54, 1.807) is 5.57 Å². The zero-order valence-electron chi connectivity index (χ0n) is 19.7. The molecule has 158 valence electrons. The molecular weight excluding hydrogens is 336 g/mol. The molecule has 4 aliphatic carbocycles. The van der Waals surface area contributed by atoms with Crippen LogP contribution in [0, 0.1) is 46.3 Å². The normalized spacial score (nSPS) is 43.7. The largest absolute Gasteiger partial charge is 0.0838 e. The van der Waals surface area contributed by atoms with Crippen molar-refractivity contribution in [1.82, 2.24) is 0 Å². The molecule has 0 saturated heterocycles. The van der Waals surface area contributed by atoms with E-state index in [1.165, 1.54) is 64.2 Å². The number of hydrogen-bond donors (Lipinski definition) is 0. The van der Waals surface area contributed by atoms with Crippen molar-refractivity contribution < 1.29 is 0 Å². The number of allylic oxidation sites excluding steroid dienone is 4. The summed E-state index contributed by atoms with van der Waals surface area (Å²) >= 11 is 0. The average Bonchev–Trinajstić information content (AvgIpc) is 2.99. The first-order chi connectivity index (χ1) is 13.3. The highest BCUT2D eigenvalue weighted by Gasteiger charge is 2.56. The maximum absolute atomic E-state index is 2.78. The van der Waals surface area contributed by atoms with Crippen LogP contribution in [0.4, 0.5) is 0 Å². The summed E-state index contributed by atoms with van der Waals surface area (Å²) in [6.07, 6.45) is 19.7. The van der Waals surface area contributed by atoms with E-state index < -0.39 is 0 Å². The third kappa shape index (κ3) is 3.35. The molecule has 28 heavy (non-hydrogen) atoms. The standard InChI is InChI=1S/C28H46/c1-19(2)8-7-9-21(4)24-12-13-25-23-11-10-22-18-20(3)14-16-27(22,5)26(23)15-17-28(24,25)6/h10,15,19-21,23-25H,7-9,11-14,16-18H2,1-6H3/t20?,21-,23+,24-,25+,27+,28-/m1/s1.